The molecule has 1 aliphatic rings. The number of nitrogens with zero attached hydrogens (tertiary/aromatic N) is 4. The van der Waals surface area contributed by atoms with Crippen molar-refractivity contribution in [1.82, 2.24) is 14.4 Å². The van der Waals surface area contributed by atoms with Crippen LogP contribution in [0, 0.1) is 0 Å². The van der Waals surface area contributed by atoms with Crippen molar-refractivity contribution in [3.8, 4) is 0 Å². The van der Waals surface area contributed by atoms with Gasteiger partial charge in [0.25, 0.3) is 0 Å². The molecule has 27 heavy (non-hydrogen) atoms. The van der Waals surface area contributed by atoms with Crippen molar-refractivity contribution in [3.05, 3.63) is 66.0 Å². The molecule has 0 fully saturated rings. The molecule has 4 rings (SSSR count). The number of sulfonamides is 1. The maximum Gasteiger partial charge on any atom is 0.247 e. The van der Waals surface area contributed by atoms with Gasteiger partial charge >= 0.3 is 0 Å². The second-order valence-corrected chi connectivity index (χ2v) is 9.03. The first-order valence-electron chi connectivity index (χ1n) is 8.39. The number of rotatable bonds is 4. The summed E-state index contributed by atoms with van der Waals surface area (Å²) in [5, 5.41) is 4.41. The lowest BCUT2D eigenvalue weighted by Gasteiger charge is -2.20. The van der Waals surface area contributed by atoms with E-state index in [0.29, 0.717) is 12.1 Å². The average Bonchev–Trinajstić information content (AvgIpc) is 3.14. The lowest BCUT2D eigenvalue weighted by atomic mass is 10.0. The SMILES string of the molecule is CSc1ccc(C2=NN(S(C)(=O)=O)[C@H](c3cnc4ccccc4n3)C2)cc1. The third-order valence-electron chi connectivity index (χ3n) is 4.44. The van der Waals surface area contributed by atoms with Gasteiger partial charge in [-0.15, -0.1) is 11.8 Å². The maximum absolute atomic E-state index is 12.3. The van der Waals surface area contributed by atoms with Crippen LogP contribution in [0.3, 0.4) is 0 Å². The second kappa shape index (κ2) is 6.94. The molecule has 0 amide bonds. The fourth-order valence-electron chi connectivity index (χ4n) is 3.10. The topological polar surface area (TPSA) is 75.5 Å². The number of fused-ring (bicyclic) bond motifs is 1. The van der Waals surface area contributed by atoms with E-state index >= 15 is 0 Å². The molecule has 0 saturated carbocycles. The lowest BCUT2D eigenvalue weighted by Crippen LogP contribution is -2.26. The summed E-state index contributed by atoms with van der Waals surface area (Å²) < 4.78 is 25.8. The van der Waals surface area contributed by atoms with Crippen LogP contribution in [0.4, 0.5) is 0 Å². The molecule has 3 aromatic rings. The Morgan fingerprint density at radius 3 is 2.44 bits per heavy atom. The maximum atomic E-state index is 12.3. The number of hydrogen-bond donors (Lipinski definition) is 0. The van der Waals surface area contributed by atoms with Crippen molar-refractivity contribution in [2.24, 2.45) is 5.10 Å². The third kappa shape index (κ3) is 3.54. The minimum atomic E-state index is -3.53. The Kier molecular flexibility index (Phi) is 4.61. The highest BCUT2D eigenvalue weighted by molar-refractivity contribution is 7.98. The molecule has 0 radical (unpaired) electrons. The van der Waals surface area contributed by atoms with E-state index in [-0.39, 0.29) is 0 Å². The Labute approximate surface area is 162 Å². The number of hydrazone groups is 1. The van der Waals surface area contributed by atoms with Gasteiger partial charge < -0.3 is 0 Å². The van der Waals surface area contributed by atoms with Gasteiger partial charge in [0.1, 0.15) is 6.04 Å². The normalized spacial score (nSPS) is 17.3. The van der Waals surface area contributed by atoms with Crippen molar-refractivity contribution >= 4 is 38.5 Å². The van der Waals surface area contributed by atoms with Crippen molar-refractivity contribution < 1.29 is 8.42 Å². The number of para-hydroxylation sites is 2. The smallest absolute Gasteiger partial charge is 0.247 e. The molecule has 6 nitrogen and oxygen atoms in total. The quantitative estimate of drug-likeness (QED) is 0.629. The first-order chi connectivity index (χ1) is 13.0. The summed E-state index contributed by atoms with van der Waals surface area (Å²) in [6.45, 7) is 0. The van der Waals surface area contributed by atoms with Gasteiger partial charge in [0.2, 0.25) is 10.0 Å². The summed E-state index contributed by atoms with van der Waals surface area (Å²) >= 11 is 1.66. The van der Waals surface area contributed by atoms with Crippen molar-refractivity contribution in [1.29, 1.82) is 0 Å². The molecular formula is C19H18N4O2S2. The summed E-state index contributed by atoms with van der Waals surface area (Å²) in [5.74, 6) is 0. The Morgan fingerprint density at radius 2 is 1.78 bits per heavy atom. The molecule has 2 heterocycles. The minimum Gasteiger partial charge on any atom is -0.253 e. The highest BCUT2D eigenvalue weighted by atomic mass is 32.2. The van der Waals surface area contributed by atoms with Crippen molar-refractivity contribution in [3.63, 3.8) is 0 Å². The van der Waals surface area contributed by atoms with E-state index in [4.69, 9.17) is 0 Å². The van der Waals surface area contributed by atoms with E-state index < -0.39 is 16.1 Å². The van der Waals surface area contributed by atoms with E-state index in [1.165, 1.54) is 0 Å². The summed E-state index contributed by atoms with van der Waals surface area (Å²) in [6.07, 6.45) is 5.28. The molecular weight excluding hydrogens is 380 g/mol. The highest BCUT2D eigenvalue weighted by Gasteiger charge is 2.35. The zero-order chi connectivity index (χ0) is 19.0. The lowest BCUT2D eigenvalue weighted by molar-refractivity contribution is 0.368. The number of hydrogen-bond acceptors (Lipinski definition) is 6. The zero-order valence-corrected chi connectivity index (χ0v) is 16.5. The van der Waals surface area contributed by atoms with Gasteiger partial charge in [-0.2, -0.15) is 9.52 Å². The van der Waals surface area contributed by atoms with Crippen molar-refractivity contribution in [2.75, 3.05) is 12.5 Å². The van der Waals surface area contributed by atoms with Crippen LogP contribution < -0.4 is 0 Å². The molecule has 0 spiro atoms. The summed E-state index contributed by atoms with van der Waals surface area (Å²) in [4.78, 5) is 10.2. The van der Waals surface area contributed by atoms with E-state index in [2.05, 4.69) is 15.1 Å². The van der Waals surface area contributed by atoms with Crippen LogP contribution in [0.2, 0.25) is 0 Å². The molecule has 0 saturated heterocycles. The van der Waals surface area contributed by atoms with Crippen LogP contribution in [0.25, 0.3) is 11.0 Å². The molecule has 1 atom stereocenters. The van der Waals surface area contributed by atoms with E-state index in [0.717, 1.165) is 37.9 Å². The predicted molar refractivity (Wildman–Crippen MR) is 108 cm³/mol. The average molecular weight is 399 g/mol. The van der Waals surface area contributed by atoms with Crippen molar-refractivity contribution in [2.45, 2.75) is 17.4 Å². The molecule has 0 bridgehead atoms. The fourth-order valence-corrected chi connectivity index (χ4v) is 4.40. The minimum absolute atomic E-state index is 0.457. The first kappa shape index (κ1) is 17.9. The monoisotopic (exact) mass is 398 g/mol. The summed E-state index contributed by atoms with van der Waals surface area (Å²) in [5.41, 5.74) is 3.75. The van der Waals surface area contributed by atoms with Gasteiger partial charge in [-0.1, -0.05) is 24.3 Å². The van der Waals surface area contributed by atoms with Crippen LogP contribution in [-0.4, -0.2) is 41.0 Å². The molecule has 0 unspecified atom stereocenters. The summed E-state index contributed by atoms with van der Waals surface area (Å²) in [7, 11) is -3.53. The van der Waals surface area contributed by atoms with E-state index in [1.807, 2.05) is 54.8 Å². The van der Waals surface area contributed by atoms with E-state index in [1.54, 1.807) is 18.0 Å². The van der Waals surface area contributed by atoms with Crippen LogP contribution in [0.5, 0.6) is 0 Å². The number of benzene rings is 2. The highest BCUT2D eigenvalue weighted by Crippen LogP contribution is 2.34. The number of thioether (sulfide) groups is 1. The molecule has 138 valence electrons. The Bertz CT molecular complexity index is 1130. The van der Waals surface area contributed by atoms with E-state index in [9.17, 15) is 8.42 Å². The molecule has 1 aromatic heterocycles. The van der Waals surface area contributed by atoms with Crippen LogP contribution in [0.15, 0.2) is 64.7 Å². The number of aromatic nitrogens is 2. The van der Waals surface area contributed by atoms with Crippen LogP contribution in [-0.2, 0) is 10.0 Å². The first-order valence-corrected chi connectivity index (χ1v) is 11.5. The van der Waals surface area contributed by atoms with Gasteiger partial charge in [0, 0.05) is 11.3 Å². The second-order valence-electron chi connectivity index (χ2n) is 6.31. The van der Waals surface area contributed by atoms with Gasteiger partial charge in [-0.3, -0.25) is 4.98 Å². The van der Waals surface area contributed by atoms with Gasteiger partial charge in [-0.25, -0.2) is 13.4 Å². The molecule has 2 aromatic carbocycles. The Balaban J connectivity index is 1.73. The van der Waals surface area contributed by atoms with Gasteiger partial charge in [-0.05, 0) is 36.1 Å². The van der Waals surface area contributed by atoms with Crippen LogP contribution >= 0.6 is 11.8 Å². The molecule has 0 aliphatic carbocycles. The zero-order valence-electron chi connectivity index (χ0n) is 14.9. The van der Waals surface area contributed by atoms with Gasteiger partial charge in [0.05, 0.1) is 34.9 Å². The largest absolute Gasteiger partial charge is 0.253 e. The molecule has 8 heteroatoms. The standard InChI is InChI=1S/C19H18N4O2S2/c1-26-14-9-7-13(8-10-14)17-11-19(23(22-17)27(2,24)25)18-12-20-15-5-3-4-6-16(15)21-18/h3-10,12,19H,11H2,1-2H3/t19-/m0/s1. The fraction of sp³-hybridized carbons (Fsp3) is 0.211. The molecule has 0 N–H and O–H groups in total. The Hall–Kier alpha value is -2.45. The predicted octanol–water partition coefficient (Wildman–Crippen LogP) is 3.46. The van der Waals surface area contributed by atoms with Crippen LogP contribution in [0.1, 0.15) is 23.7 Å². The Morgan fingerprint density at radius 1 is 1.07 bits per heavy atom. The molecule has 1 aliphatic heterocycles. The van der Waals surface area contributed by atoms with Gasteiger partial charge in [0.15, 0.2) is 0 Å². The third-order valence-corrected chi connectivity index (χ3v) is 6.20. The summed E-state index contributed by atoms with van der Waals surface area (Å²) in [6, 6.07) is 15.0.